The van der Waals surface area contributed by atoms with Crippen molar-refractivity contribution in [2.45, 2.75) is 13.5 Å². The summed E-state index contributed by atoms with van der Waals surface area (Å²) >= 11 is 1.70. The first-order valence-corrected chi connectivity index (χ1v) is 8.76. The quantitative estimate of drug-likeness (QED) is 0.631. The molecule has 1 aliphatic rings. The van der Waals surface area contributed by atoms with Crippen LogP contribution in [0, 0.1) is 17.0 Å². The number of piperazine rings is 1. The van der Waals surface area contributed by atoms with Crippen molar-refractivity contribution in [1.29, 1.82) is 0 Å². The number of benzene rings is 1. The molecule has 1 aromatic carbocycles. The largest absolute Gasteiger partial charge is 0.336 e. The third-order valence-electron chi connectivity index (χ3n) is 4.29. The van der Waals surface area contributed by atoms with Gasteiger partial charge in [-0.1, -0.05) is 0 Å². The number of amides is 1. The molecule has 0 radical (unpaired) electrons. The fourth-order valence-corrected chi connectivity index (χ4v) is 3.59. The Labute approximate surface area is 144 Å². The first kappa shape index (κ1) is 16.6. The number of thiophene rings is 1. The number of carbonyl (C=O) groups excluding carboxylic acids is 1. The van der Waals surface area contributed by atoms with Crippen LogP contribution in [0.3, 0.4) is 0 Å². The monoisotopic (exact) mass is 345 g/mol. The molecule has 0 atom stereocenters. The van der Waals surface area contributed by atoms with Crippen LogP contribution in [-0.4, -0.2) is 46.8 Å². The van der Waals surface area contributed by atoms with Gasteiger partial charge in [0, 0.05) is 49.9 Å². The summed E-state index contributed by atoms with van der Waals surface area (Å²) in [5.41, 5.74) is 2.39. The van der Waals surface area contributed by atoms with Crippen molar-refractivity contribution in [2.24, 2.45) is 0 Å². The van der Waals surface area contributed by atoms with Crippen LogP contribution in [0.1, 0.15) is 21.5 Å². The van der Waals surface area contributed by atoms with Crippen molar-refractivity contribution in [3.05, 3.63) is 61.8 Å². The first-order chi connectivity index (χ1) is 11.5. The van der Waals surface area contributed by atoms with E-state index in [0.29, 0.717) is 24.2 Å². The predicted molar refractivity (Wildman–Crippen MR) is 93.3 cm³/mol. The van der Waals surface area contributed by atoms with Crippen LogP contribution >= 0.6 is 11.3 Å². The molecule has 0 bridgehead atoms. The Bertz CT molecular complexity index is 738. The summed E-state index contributed by atoms with van der Waals surface area (Å²) in [4.78, 5) is 27.2. The molecular formula is C17H19N3O3S. The third-order valence-corrected chi connectivity index (χ3v) is 5.02. The maximum atomic E-state index is 12.6. The lowest BCUT2D eigenvalue weighted by Gasteiger charge is -2.34. The van der Waals surface area contributed by atoms with Crippen LogP contribution in [-0.2, 0) is 6.54 Å². The number of rotatable bonds is 4. The average Bonchev–Trinajstić information content (AvgIpc) is 3.07. The van der Waals surface area contributed by atoms with Gasteiger partial charge in [0.1, 0.15) is 0 Å². The summed E-state index contributed by atoms with van der Waals surface area (Å²) in [7, 11) is 0. The summed E-state index contributed by atoms with van der Waals surface area (Å²) in [6.07, 6.45) is 0. The Balaban J connectivity index is 1.61. The number of aryl methyl sites for hydroxylation is 1. The highest BCUT2D eigenvalue weighted by atomic mass is 32.1. The van der Waals surface area contributed by atoms with Gasteiger partial charge in [0.05, 0.1) is 4.92 Å². The number of hydrogen-bond donors (Lipinski definition) is 0. The fourth-order valence-electron chi connectivity index (χ4n) is 2.93. The molecule has 0 unspecified atom stereocenters. The Morgan fingerprint density at radius 3 is 2.58 bits per heavy atom. The second-order valence-corrected chi connectivity index (χ2v) is 6.74. The van der Waals surface area contributed by atoms with Crippen LogP contribution in [0.15, 0.2) is 35.0 Å². The summed E-state index contributed by atoms with van der Waals surface area (Å²) in [5.74, 6) is -0.0526. The summed E-state index contributed by atoms with van der Waals surface area (Å²) < 4.78 is 0. The molecule has 126 valence electrons. The fraction of sp³-hybridized carbons (Fsp3) is 0.353. The summed E-state index contributed by atoms with van der Waals surface area (Å²) in [6.45, 7) is 5.62. The van der Waals surface area contributed by atoms with Crippen molar-refractivity contribution in [2.75, 3.05) is 26.2 Å². The molecular weight excluding hydrogens is 326 g/mol. The van der Waals surface area contributed by atoms with E-state index in [2.05, 4.69) is 21.7 Å². The molecule has 0 spiro atoms. The number of nitro benzene ring substituents is 1. The Morgan fingerprint density at radius 1 is 1.25 bits per heavy atom. The van der Waals surface area contributed by atoms with Gasteiger partial charge in [0.2, 0.25) is 0 Å². The number of nitrogens with zero attached hydrogens (tertiary/aromatic N) is 3. The topological polar surface area (TPSA) is 66.7 Å². The molecule has 1 fully saturated rings. The zero-order valence-electron chi connectivity index (χ0n) is 13.5. The van der Waals surface area contributed by atoms with Crippen LogP contribution in [0.4, 0.5) is 5.69 Å². The van der Waals surface area contributed by atoms with Gasteiger partial charge >= 0.3 is 0 Å². The standard InChI is InChI=1S/C17H19N3O3S/c1-13-10-15(2-3-16(13)20(22)23)17(21)19-7-5-18(6-8-19)11-14-4-9-24-12-14/h2-4,9-10,12H,5-8,11H2,1H3. The summed E-state index contributed by atoms with van der Waals surface area (Å²) in [6, 6.07) is 6.70. The maximum absolute atomic E-state index is 12.6. The Kier molecular flexibility index (Phi) is 4.92. The molecule has 0 aliphatic carbocycles. The van der Waals surface area contributed by atoms with E-state index in [0.717, 1.165) is 19.6 Å². The van der Waals surface area contributed by atoms with Gasteiger partial charge in [-0.3, -0.25) is 19.8 Å². The van der Waals surface area contributed by atoms with E-state index in [1.54, 1.807) is 30.4 Å². The van der Waals surface area contributed by atoms with Crippen molar-refractivity contribution in [3.8, 4) is 0 Å². The molecule has 6 nitrogen and oxygen atoms in total. The van der Waals surface area contributed by atoms with Crippen LogP contribution < -0.4 is 0 Å². The van der Waals surface area contributed by atoms with E-state index < -0.39 is 4.92 Å². The molecule has 7 heteroatoms. The predicted octanol–water partition coefficient (Wildman–Crippen LogP) is 2.92. The second kappa shape index (κ2) is 7.11. The molecule has 2 heterocycles. The van der Waals surface area contributed by atoms with E-state index >= 15 is 0 Å². The molecule has 24 heavy (non-hydrogen) atoms. The molecule has 2 aromatic rings. The summed E-state index contributed by atoms with van der Waals surface area (Å²) in [5, 5.41) is 15.1. The zero-order chi connectivity index (χ0) is 17.1. The van der Waals surface area contributed by atoms with Gasteiger partial charge in [-0.05, 0) is 41.4 Å². The van der Waals surface area contributed by atoms with Gasteiger partial charge in [-0.2, -0.15) is 11.3 Å². The minimum Gasteiger partial charge on any atom is -0.336 e. The van der Waals surface area contributed by atoms with Gasteiger partial charge in [0.25, 0.3) is 11.6 Å². The van der Waals surface area contributed by atoms with E-state index in [1.165, 1.54) is 11.6 Å². The minimum absolute atomic E-state index is 0.0483. The van der Waals surface area contributed by atoms with E-state index in [1.807, 2.05) is 4.90 Å². The highest BCUT2D eigenvalue weighted by Crippen LogP contribution is 2.20. The van der Waals surface area contributed by atoms with Crippen LogP contribution in [0.2, 0.25) is 0 Å². The number of hydrogen-bond acceptors (Lipinski definition) is 5. The van der Waals surface area contributed by atoms with Gasteiger partial charge < -0.3 is 4.90 Å². The number of carbonyl (C=O) groups is 1. The second-order valence-electron chi connectivity index (χ2n) is 5.96. The Morgan fingerprint density at radius 2 is 2.00 bits per heavy atom. The highest BCUT2D eigenvalue weighted by molar-refractivity contribution is 7.07. The van der Waals surface area contributed by atoms with Crippen molar-refractivity contribution in [1.82, 2.24) is 9.80 Å². The van der Waals surface area contributed by atoms with Crippen molar-refractivity contribution in [3.63, 3.8) is 0 Å². The van der Waals surface area contributed by atoms with E-state index in [4.69, 9.17) is 0 Å². The zero-order valence-corrected chi connectivity index (χ0v) is 14.3. The van der Waals surface area contributed by atoms with E-state index in [-0.39, 0.29) is 11.6 Å². The minimum atomic E-state index is -0.424. The van der Waals surface area contributed by atoms with Gasteiger partial charge in [-0.25, -0.2) is 0 Å². The third kappa shape index (κ3) is 3.63. The Hall–Kier alpha value is -2.25. The lowest BCUT2D eigenvalue weighted by Crippen LogP contribution is -2.48. The normalized spacial score (nSPS) is 15.5. The lowest BCUT2D eigenvalue weighted by molar-refractivity contribution is -0.385. The van der Waals surface area contributed by atoms with Crippen molar-refractivity contribution < 1.29 is 9.72 Å². The van der Waals surface area contributed by atoms with E-state index in [9.17, 15) is 14.9 Å². The molecule has 1 saturated heterocycles. The highest BCUT2D eigenvalue weighted by Gasteiger charge is 2.23. The SMILES string of the molecule is Cc1cc(C(=O)N2CCN(Cc3ccsc3)CC2)ccc1[N+](=O)[O-]. The van der Waals surface area contributed by atoms with Gasteiger partial charge in [-0.15, -0.1) is 0 Å². The van der Waals surface area contributed by atoms with Crippen molar-refractivity contribution >= 4 is 22.9 Å². The first-order valence-electron chi connectivity index (χ1n) is 7.82. The molecule has 0 saturated carbocycles. The lowest BCUT2D eigenvalue weighted by atomic mass is 10.1. The van der Waals surface area contributed by atoms with Crippen LogP contribution in [0.5, 0.6) is 0 Å². The molecule has 1 amide bonds. The molecule has 0 N–H and O–H groups in total. The van der Waals surface area contributed by atoms with Gasteiger partial charge in [0.15, 0.2) is 0 Å². The molecule has 3 rings (SSSR count). The smallest absolute Gasteiger partial charge is 0.272 e. The average molecular weight is 345 g/mol. The molecule has 1 aromatic heterocycles. The number of nitro groups is 1. The van der Waals surface area contributed by atoms with Crippen LogP contribution in [0.25, 0.3) is 0 Å². The molecule has 1 aliphatic heterocycles. The maximum Gasteiger partial charge on any atom is 0.272 e.